The van der Waals surface area contributed by atoms with Crippen molar-refractivity contribution < 1.29 is 27.1 Å². The van der Waals surface area contributed by atoms with E-state index in [-0.39, 0.29) is 5.75 Å². The van der Waals surface area contributed by atoms with E-state index in [0.29, 0.717) is 36.2 Å². The van der Waals surface area contributed by atoms with E-state index in [4.69, 9.17) is 9.15 Å². The molecule has 5 nitrogen and oxygen atoms in total. The highest BCUT2D eigenvalue weighted by Crippen LogP contribution is 2.28. The van der Waals surface area contributed by atoms with E-state index < -0.39 is 12.1 Å². The molecule has 0 radical (unpaired) electrons. The van der Waals surface area contributed by atoms with Crippen molar-refractivity contribution >= 4 is 11.1 Å². The number of rotatable bonds is 6. The molecule has 26 heavy (non-hydrogen) atoms. The number of fused-ring (bicyclic) bond motifs is 1. The fourth-order valence-corrected chi connectivity index (χ4v) is 2.67. The Hall–Kier alpha value is -2.74. The molecular formula is C18H16F3NO4. The second-order valence-electron chi connectivity index (χ2n) is 5.62. The highest BCUT2D eigenvalue weighted by molar-refractivity contribution is 5.80. The molecule has 0 atom stereocenters. The monoisotopic (exact) mass is 367 g/mol. The van der Waals surface area contributed by atoms with Gasteiger partial charge in [0.1, 0.15) is 5.75 Å². The molecule has 1 heterocycles. The number of aryl methyl sites for hydroxylation is 1. The fourth-order valence-electron chi connectivity index (χ4n) is 2.67. The van der Waals surface area contributed by atoms with E-state index in [1.54, 1.807) is 25.3 Å². The van der Waals surface area contributed by atoms with E-state index in [0.717, 1.165) is 5.56 Å². The molecule has 0 fully saturated rings. The largest absolute Gasteiger partial charge is 0.573 e. The van der Waals surface area contributed by atoms with Gasteiger partial charge in [-0.05, 0) is 41.8 Å². The molecule has 3 rings (SSSR count). The molecule has 0 bridgehead atoms. The Bertz CT molecular complexity index is 942. The van der Waals surface area contributed by atoms with Crippen LogP contribution in [0.3, 0.4) is 0 Å². The van der Waals surface area contributed by atoms with Crippen molar-refractivity contribution in [2.45, 2.75) is 19.3 Å². The summed E-state index contributed by atoms with van der Waals surface area (Å²) in [6, 6.07) is 10.7. The Kier molecular flexibility index (Phi) is 5.03. The average Bonchev–Trinajstić information content (AvgIpc) is 2.89. The van der Waals surface area contributed by atoms with Crippen molar-refractivity contribution in [2.24, 2.45) is 0 Å². The van der Waals surface area contributed by atoms with Gasteiger partial charge in [0.25, 0.3) is 0 Å². The summed E-state index contributed by atoms with van der Waals surface area (Å²) in [6.45, 7) is 0.959. The topological polar surface area (TPSA) is 53.6 Å². The van der Waals surface area contributed by atoms with Gasteiger partial charge in [0.2, 0.25) is 0 Å². The molecule has 0 saturated carbocycles. The van der Waals surface area contributed by atoms with Crippen molar-refractivity contribution in [3.63, 3.8) is 0 Å². The summed E-state index contributed by atoms with van der Waals surface area (Å²) >= 11 is 0. The molecular weight excluding hydrogens is 351 g/mol. The Morgan fingerprint density at radius 1 is 1.08 bits per heavy atom. The first-order valence-electron chi connectivity index (χ1n) is 7.86. The van der Waals surface area contributed by atoms with Crippen LogP contribution in [0.15, 0.2) is 51.7 Å². The van der Waals surface area contributed by atoms with Gasteiger partial charge in [-0.25, -0.2) is 4.79 Å². The molecule has 3 aromatic rings. The van der Waals surface area contributed by atoms with Crippen LogP contribution < -0.4 is 10.5 Å². The lowest BCUT2D eigenvalue weighted by molar-refractivity contribution is -0.274. The molecule has 138 valence electrons. The summed E-state index contributed by atoms with van der Waals surface area (Å²) in [6.07, 6.45) is -4.08. The summed E-state index contributed by atoms with van der Waals surface area (Å²) in [5, 5.41) is 0. The van der Waals surface area contributed by atoms with Gasteiger partial charge in [-0.3, -0.25) is 4.57 Å². The van der Waals surface area contributed by atoms with Gasteiger partial charge in [0.15, 0.2) is 5.58 Å². The third kappa shape index (κ3) is 4.08. The predicted octanol–water partition coefficient (Wildman–Crippen LogP) is 4.20. The zero-order chi connectivity index (χ0) is 18.7. The Morgan fingerprint density at radius 2 is 1.77 bits per heavy atom. The summed E-state index contributed by atoms with van der Waals surface area (Å²) in [5.41, 5.74) is 2.52. The minimum Gasteiger partial charge on any atom is -0.408 e. The Balaban J connectivity index is 1.90. The van der Waals surface area contributed by atoms with E-state index in [1.165, 1.54) is 28.8 Å². The van der Waals surface area contributed by atoms with Gasteiger partial charge in [-0.15, -0.1) is 13.2 Å². The summed E-state index contributed by atoms with van der Waals surface area (Å²) in [7, 11) is 1.58. The van der Waals surface area contributed by atoms with Crippen LogP contribution in [0.25, 0.3) is 22.2 Å². The summed E-state index contributed by atoms with van der Waals surface area (Å²) in [4.78, 5) is 12.0. The van der Waals surface area contributed by atoms with Crippen molar-refractivity contribution in [1.29, 1.82) is 0 Å². The van der Waals surface area contributed by atoms with Crippen LogP contribution in [0.2, 0.25) is 0 Å². The lowest BCUT2D eigenvalue weighted by atomic mass is 10.1. The molecule has 0 aliphatic rings. The SMILES string of the molecule is COCCCn1c(=O)oc2ccc(-c3ccc(OC(F)(F)F)cc3)cc21. The minimum absolute atomic E-state index is 0.290. The third-order valence-corrected chi connectivity index (χ3v) is 3.82. The van der Waals surface area contributed by atoms with Crippen molar-refractivity contribution in [1.82, 2.24) is 4.57 Å². The molecule has 0 spiro atoms. The van der Waals surface area contributed by atoms with E-state index in [9.17, 15) is 18.0 Å². The molecule has 0 N–H and O–H groups in total. The molecule has 0 unspecified atom stereocenters. The number of alkyl halides is 3. The number of aromatic nitrogens is 1. The van der Waals surface area contributed by atoms with E-state index in [2.05, 4.69) is 4.74 Å². The number of nitrogens with zero attached hydrogens (tertiary/aromatic N) is 1. The number of hydrogen-bond acceptors (Lipinski definition) is 4. The van der Waals surface area contributed by atoms with Crippen LogP contribution in [0.5, 0.6) is 5.75 Å². The maximum absolute atomic E-state index is 12.2. The zero-order valence-electron chi connectivity index (χ0n) is 13.9. The molecule has 2 aromatic carbocycles. The second-order valence-corrected chi connectivity index (χ2v) is 5.62. The number of hydrogen-bond donors (Lipinski definition) is 0. The maximum atomic E-state index is 12.2. The lowest BCUT2D eigenvalue weighted by Gasteiger charge is -2.09. The minimum atomic E-state index is -4.73. The summed E-state index contributed by atoms with van der Waals surface area (Å²) < 4.78 is 52.3. The van der Waals surface area contributed by atoms with E-state index >= 15 is 0 Å². The zero-order valence-corrected chi connectivity index (χ0v) is 13.9. The standard InChI is InChI=1S/C18H16F3NO4/c1-24-10-2-9-22-15-11-13(5-8-16(15)25-17(22)23)12-3-6-14(7-4-12)26-18(19,20)21/h3-8,11H,2,9-10H2,1H3. The number of halogens is 3. The molecule has 0 amide bonds. The Labute approximate surface area is 146 Å². The molecule has 0 aliphatic carbocycles. The second kappa shape index (κ2) is 7.25. The smallest absolute Gasteiger partial charge is 0.408 e. The summed E-state index contributed by atoms with van der Waals surface area (Å²) in [5.74, 6) is -0.746. The highest BCUT2D eigenvalue weighted by atomic mass is 19.4. The van der Waals surface area contributed by atoms with Crippen molar-refractivity contribution in [2.75, 3.05) is 13.7 Å². The van der Waals surface area contributed by atoms with Gasteiger partial charge in [0, 0.05) is 20.3 Å². The first-order chi connectivity index (χ1) is 12.4. The number of oxazole rings is 1. The molecule has 1 aromatic heterocycles. The van der Waals surface area contributed by atoms with Gasteiger partial charge < -0.3 is 13.9 Å². The van der Waals surface area contributed by atoms with Gasteiger partial charge >= 0.3 is 12.1 Å². The van der Waals surface area contributed by atoms with Crippen molar-refractivity contribution in [3.05, 3.63) is 53.0 Å². The normalized spacial score (nSPS) is 11.8. The van der Waals surface area contributed by atoms with E-state index in [1.807, 2.05) is 0 Å². The van der Waals surface area contributed by atoms with Crippen LogP contribution in [-0.4, -0.2) is 24.6 Å². The first kappa shape index (κ1) is 18.1. The van der Waals surface area contributed by atoms with Gasteiger partial charge in [0.05, 0.1) is 5.52 Å². The molecule has 8 heteroatoms. The van der Waals surface area contributed by atoms with Crippen LogP contribution in [0.4, 0.5) is 13.2 Å². The average molecular weight is 367 g/mol. The van der Waals surface area contributed by atoms with Gasteiger partial charge in [-0.1, -0.05) is 18.2 Å². The van der Waals surface area contributed by atoms with Crippen LogP contribution in [0, 0.1) is 0 Å². The van der Waals surface area contributed by atoms with Gasteiger partial charge in [-0.2, -0.15) is 0 Å². The number of ether oxygens (including phenoxy) is 2. The molecule has 0 aliphatic heterocycles. The first-order valence-corrected chi connectivity index (χ1v) is 7.86. The highest BCUT2D eigenvalue weighted by Gasteiger charge is 2.30. The predicted molar refractivity (Wildman–Crippen MR) is 89.1 cm³/mol. The van der Waals surface area contributed by atoms with Crippen LogP contribution in [-0.2, 0) is 11.3 Å². The lowest BCUT2D eigenvalue weighted by Crippen LogP contribution is -2.16. The molecule has 0 saturated heterocycles. The van der Waals surface area contributed by atoms with Crippen molar-refractivity contribution in [3.8, 4) is 16.9 Å². The number of benzene rings is 2. The number of methoxy groups -OCH3 is 1. The fraction of sp³-hybridized carbons (Fsp3) is 0.278. The van der Waals surface area contributed by atoms with Crippen LogP contribution in [0.1, 0.15) is 6.42 Å². The quantitative estimate of drug-likeness (QED) is 0.613. The maximum Gasteiger partial charge on any atom is 0.573 e. The van der Waals surface area contributed by atoms with Crippen LogP contribution >= 0.6 is 0 Å². The third-order valence-electron chi connectivity index (χ3n) is 3.82. The Morgan fingerprint density at radius 3 is 2.42 bits per heavy atom.